The maximum atomic E-state index is 13.4. The monoisotopic (exact) mass is 433 g/mol. The van der Waals surface area contributed by atoms with Crippen molar-refractivity contribution in [3.63, 3.8) is 0 Å². The lowest BCUT2D eigenvalue weighted by atomic mass is 10.2. The molecule has 1 amide bonds. The molecule has 0 aliphatic carbocycles. The van der Waals surface area contributed by atoms with Crippen LogP contribution in [0.5, 0.6) is 0 Å². The van der Waals surface area contributed by atoms with Crippen LogP contribution in [0.2, 0.25) is 5.02 Å². The van der Waals surface area contributed by atoms with Crippen LogP contribution in [0.1, 0.15) is 12.1 Å². The van der Waals surface area contributed by atoms with Crippen LogP contribution in [0, 0.1) is 0 Å². The van der Waals surface area contributed by atoms with E-state index in [-0.39, 0.29) is 17.5 Å². The van der Waals surface area contributed by atoms with Crippen molar-refractivity contribution in [3.05, 3.63) is 65.6 Å². The van der Waals surface area contributed by atoms with E-state index in [1.165, 1.54) is 24.5 Å². The van der Waals surface area contributed by atoms with E-state index in [2.05, 4.69) is 20.3 Å². The van der Waals surface area contributed by atoms with Crippen LogP contribution in [0.3, 0.4) is 0 Å². The first-order chi connectivity index (χ1) is 14.3. The SMILES string of the molecule is O=C1C(Nc2cc(C(F)(F)F)nc(-c3ccncc3)n2)CCN1c1cccc(Cl)c1. The highest BCUT2D eigenvalue weighted by molar-refractivity contribution is 6.31. The average molecular weight is 434 g/mol. The zero-order chi connectivity index (χ0) is 21.3. The number of amides is 1. The quantitative estimate of drug-likeness (QED) is 0.659. The van der Waals surface area contributed by atoms with Crippen LogP contribution < -0.4 is 10.2 Å². The summed E-state index contributed by atoms with van der Waals surface area (Å²) in [4.78, 5) is 26.0. The summed E-state index contributed by atoms with van der Waals surface area (Å²) in [5.41, 5.74) is -0.0747. The summed E-state index contributed by atoms with van der Waals surface area (Å²) < 4.78 is 40.1. The molecule has 4 rings (SSSR count). The Morgan fingerprint density at radius 3 is 2.57 bits per heavy atom. The number of nitrogens with zero attached hydrogens (tertiary/aromatic N) is 4. The van der Waals surface area contributed by atoms with Crippen molar-refractivity contribution in [2.45, 2.75) is 18.6 Å². The van der Waals surface area contributed by atoms with Gasteiger partial charge in [0, 0.05) is 41.3 Å². The first-order valence-electron chi connectivity index (χ1n) is 9.01. The first kappa shape index (κ1) is 20.1. The molecule has 154 valence electrons. The second-order valence-electron chi connectivity index (χ2n) is 6.65. The Morgan fingerprint density at radius 2 is 1.87 bits per heavy atom. The van der Waals surface area contributed by atoms with Gasteiger partial charge in [0.15, 0.2) is 11.5 Å². The molecule has 30 heavy (non-hydrogen) atoms. The van der Waals surface area contributed by atoms with Crippen LogP contribution in [0.4, 0.5) is 24.7 Å². The minimum atomic E-state index is -4.66. The largest absolute Gasteiger partial charge is 0.433 e. The molecule has 1 saturated heterocycles. The number of hydrogen-bond donors (Lipinski definition) is 1. The number of hydrogen-bond acceptors (Lipinski definition) is 5. The van der Waals surface area contributed by atoms with Gasteiger partial charge in [-0.05, 0) is 36.8 Å². The van der Waals surface area contributed by atoms with Gasteiger partial charge in [-0.3, -0.25) is 9.78 Å². The Morgan fingerprint density at radius 1 is 1.10 bits per heavy atom. The Labute approximate surface area is 174 Å². The highest BCUT2D eigenvalue weighted by Gasteiger charge is 2.36. The lowest BCUT2D eigenvalue weighted by molar-refractivity contribution is -0.141. The van der Waals surface area contributed by atoms with Gasteiger partial charge < -0.3 is 10.2 Å². The summed E-state index contributed by atoms with van der Waals surface area (Å²) in [6.07, 6.45) is -1.38. The number of halogens is 4. The van der Waals surface area contributed by atoms with Crippen molar-refractivity contribution >= 4 is 29.0 Å². The fraction of sp³-hybridized carbons (Fsp3) is 0.200. The van der Waals surface area contributed by atoms with Gasteiger partial charge in [0.1, 0.15) is 11.9 Å². The highest BCUT2D eigenvalue weighted by atomic mass is 35.5. The molecule has 1 aromatic carbocycles. The van der Waals surface area contributed by atoms with Gasteiger partial charge in [-0.1, -0.05) is 17.7 Å². The Kier molecular flexibility index (Phi) is 5.29. The molecule has 6 nitrogen and oxygen atoms in total. The first-order valence-corrected chi connectivity index (χ1v) is 9.39. The molecule has 0 bridgehead atoms. The lowest BCUT2D eigenvalue weighted by Gasteiger charge is -2.18. The second-order valence-corrected chi connectivity index (χ2v) is 7.09. The summed E-state index contributed by atoms with van der Waals surface area (Å²) in [6.45, 7) is 0.408. The van der Waals surface area contributed by atoms with Gasteiger partial charge in [-0.25, -0.2) is 9.97 Å². The molecule has 0 saturated carbocycles. The predicted octanol–water partition coefficient (Wildman–Crippen LogP) is 4.43. The Balaban J connectivity index is 1.62. The van der Waals surface area contributed by atoms with Gasteiger partial charge >= 0.3 is 6.18 Å². The number of anilines is 2. The maximum Gasteiger partial charge on any atom is 0.433 e. The molecule has 10 heteroatoms. The van der Waals surface area contributed by atoms with E-state index in [9.17, 15) is 18.0 Å². The molecule has 2 aromatic heterocycles. The van der Waals surface area contributed by atoms with Gasteiger partial charge in [0.25, 0.3) is 0 Å². The third-order valence-electron chi connectivity index (χ3n) is 4.60. The molecule has 3 aromatic rings. The number of benzene rings is 1. The van der Waals surface area contributed by atoms with Crippen LogP contribution in [-0.2, 0) is 11.0 Å². The van der Waals surface area contributed by atoms with Crippen molar-refractivity contribution in [2.24, 2.45) is 0 Å². The average Bonchev–Trinajstić information content (AvgIpc) is 3.08. The molecular formula is C20H15ClF3N5O. The summed E-state index contributed by atoms with van der Waals surface area (Å²) in [5.74, 6) is -0.447. The number of nitrogens with one attached hydrogen (secondary N) is 1. The second kappa shape index (κ2) is 7.91. The van der Waals surface area contributed by atoms with E-state index < -0.39 is 17.9 Å². The third kappa shape index (κ3) is 4.20. The predicted molar refractivity (Wildman–Crippen MR) is 106 cm³/mol. The number of pyridine rings is 1. The fourth-order valence-electron chi connectivity index (χ4n) is 3.19. The number of rotatable bonds is 4. The van der Waals surface area contributed by atoms with Gasteiger partial charge in [0.2, 0.25) is 5.91 Å². The van der Waals surface area contributed by atoms with Crippen LogP contribution in [0.15, 0.2) is 54.9 Å². The van der Waals surface area contributed by atoms with Crippen LogP contribution in [-0.4, -0.2) is 33.4 Å². The molecule has 1 fully saturated rings. The minimum Gasteiger partial charge on any atom is -0.358 e. The van der Waals surface area contributed by atoms with Crippen LogP contribution in [0.25, 0.3) is 11.4 Å². The summed E-state index contributed by atoms with van der Waals surface area (Å²) in [6, 6.07) is 9.96. The molecular weight excluding hydrogens is 419 g/mol. The fourth-order valence-corrected chi connectivity index (χ4v) is 3.37. The van der Waals surface area contributed by atoms with E-state index in [1.54, 1.807) is 29.2 Å². The topological polar surface area (TPSA) is 71.0 Å². The van der Waals surface area contributed by atoms with Gasteiger partial charge in [-0.2, -0.15) is 13.2 Å². The third-order valence-corrected chi connectivity index (χ3v) is 4.84. The molecule has 1 atom stereocenters. The number of alkyl halides is 3. The number of carbonyl (C=O) groups excluding carboxylic acids is 1. The molecule has 1 aliphatic heterocycles. The highest BCUT2D eigenvalue weighted by Crippen LogP contribution is 2.32. The van der Waals surface area contributed by atoms with Crippen molar-refractivity contribution in [2.75, 3.05) is 16.8 Å². The van der Waals surface area contributed by atoms with Crippen molar-refractivity contribution in [3.8, 4) is 11.4 Å². The van der Waals surface area contributed by atoms with E-state index in [4.69, 9.17) is 11.6 Å². The normalized spacial score (nSPS) is 16.7. The zero-order valence-corrected chi connectivity index (χ0v) is 16.2. The Hall–Kier alpha value is -3.20. The van der Waals surface area contributed by atoms with Crippen molar-refractivity contribution in [1.29, 1.82) is 0 Å². The standard InChI is InChI=1S/C20H15ClF3N5O/c21-13-2-1-3-14(10-13)29-9-6-15(19(29)30)26-17-11-16(20(22,23)24)27-18(28-17)12-4-7-25-8-5-12/h1-5,7-8,10-11,15H,6,9H2,(H,26,27,28). The van der Waals surface area contributed by atoms with E-state index in [1.807, 2.05) is 0 Å². The molecule has 1 unspecified atom stereocenters. The maximum absolute atomic E-state index is 13.4. The minimum absolute atomic E-state index is 0.0737. The van der Waals surface area contributed by atoms with Gasteiger partial charge in [0.05, 0.1) is 0 Å². The Bertz CT molecular complexity index is 1080. The number of carbonyl (C=O) groups is 1. The van der Waals surface area contributed by atoms with Gasteiger partial charge in [-0.15, -0.1) is 0 Å². The van der Waals surface area contributed by atoms with Crippen LogP contribution >= 0.6 is 11.6 Å². The van der Waals surface area contributed by atoms with Crippen molar-refractivity contribution < 1.29 is 18.0 Å². The summed E-state index contributed by atoms with van der Waals surface area (Å²) >= 11 is 5.99. The zero-order valence-electron chi connectivity index (χ0n) is 15.4. The molecule has 0 radical (unpaired) electrons. The molecule has 1 aliphatic rings. The summed E-state index contributed by atoms with van der Waals surface area (Å²) in [5, 5.41) is 3.33. The molecule has 1 N–H and O–H groups in total. The van der Waals surface area contributed by atoms with Crippen molar-refractivity contribution in [1.82, 2.24) is 15.0 Å². The van der Waals surface area contributed by atoms with E-state index in [0.717, 1.165) is 6.07 Å². The number of aromatic nitrogens is 3. The van der Waals surface area contributed by atoms with E-state index in [0.29, 0.717) is 29.2 Å². The molecule has 3 heterocycles. The molecule has 0 spiro atoms. The summed E-state index contributed by atoms with van der Waals surface area (Å²) in [7, 11) is 0. The smallest absolute Gasteiger partial charge is 0.358 e. The lowest BCUT2D eigenvalue weighted by Crippen LogP contribution is -2.33. The van der Waals surface area contributed by atoms with E-state index >= 15 is 0 Å².